The van der Waals surface area contributed by atoms with Crippen molar-refractivity contribution >= 4 is 0 Å². The lowest BCUT2D eigenvalue weighted by atomic mass is 9.68. The fraction of sp³-hybridized carbons (Fsp3) is 0.857. The van der Waals surface area contributed by atoms with E-state index in [2.05, 4.69) is 30.9 Å². The predicted molar refractivity (Wildman–Crippen MR) is 71.0 cm³/mol. The Labute approximate surface area is 109 Å². The third-order valence-corrected chi connectivity index (χ3v) is 4.17. The van der Waals surface area contributed by atoms with Crippen LogP contribution in [0.2, 0.25) is 0 Å². The van der Waals surface area contributed by atoms with Gasteiger partial charge in [0.15, 0.2) is 5.82 Å². The molecule has 0 aromatic carbocycles. The SMILES string of the molecule is CCCc1nc(C2(N)CCCCC2C(C)C)no1. The minimum atomic E-state index is -0.387. The van der Waals surface area contributed by atoms with Crippen LogP contribution in [-0.4, -0.2) is 10.1 Å². The van der Waals surface area contributed by atoms with Crippen LogP contribution in [0.15, 0.2) is 4.52 Å². The zero-order chi connectivity index (χ0) is 13.2. The van der Waals surface area contributed by atoms with Crippen molar-refractivity contribution in [2.24, 2.45) is 17.6 Å². The maximum Gasteiger partial charge on any atom is 0.226 e. The number of rotatable bonds is 4. The highest BCUT2D eigenvalue weighted by atomic mass is 16.5. The molecule has 1 aliphatic carbocycles. The molecular formula is C14H25N3O. The van der Waals surface area contributed by atoms with E-state index >= 15 is 0 Å². The molecular weight excluding hydrogens is 226 g/mol. The van der Waals surface area contributed by atoms with Crippen LogP contribution in [-0.2, 0) is 12.0 Å². The number of nitrogens with zero attached hydrogens (tertiary/aromatic N) is 2. The Kier molecular flexibility index (Phi) is 4.05. The molecule has 1 heterocycles. The topological polar surface area (TPSA) is 64.9 Å². The van der Waals surface area contributed by atoms with Crippen LogP contribution in [0.1, 0.15) is 64.6 Å². The van der Waals surface area contributed by atoms with Crippen molar-refractivity contribution in [2.45, 2.75) is 64.8 Å². The first kappa shape index (κ1) is 13.5. The van der Waals surface area contributed by atoms with Gasteiger partial charge in [-0.05, 0) is 31.1 Å². The summed E-state index contributed by atoms with van der Waals surface area (Å²) >= 11 is 0. The highest BCUT2D eigenvalue weighted by Crippen LogP contribution is 2.42. The average molecular weight is 251 g/mol. The molecule has 2 atom stereocenters. The Balaban J connectivity index is 2.25. The van der Waals surface area contributed by atoms with Crippen molar-refractivity contribution in [3.8, 4) is 0 Å². The molecule has 2 N–H and O–H groups in total. The number of hydrogen-bond acceptors (Lipinski definition) is 4. The third kappa shape index (κ3) is 2.44. The van der Waals surface area contributed by atoms with E-state index < -0.39 is 0 Å². The summed E-state index contributed by atoms with van der Waals surface area (Å²) in [5.74, 6) is 2.47. The summed E-state index contributed by atoms with van der Waals surface area (Å²) in [5, 5.41) is 4.15. The molecule has 0 amide bonds. The van der Waals surface area contributed by atoms with E-state index in [4.69, 9.17) is 10.3 Å². The molecule has 0 saturated heterocycles. The molecule has 1 aromatic heterocycles. The second kappa shape index (κ2) is 5.39. The Morgan fingerprint density at radius 2 is 2.22 bits per heavy atom. The highest BCUT2D eigenvalue weighted by Gasteiger charge is 2.43. The van der Waals surface area contributed by atoms with E-state index in [0.717, 1.165) is 37.4 Å². The largest absolute Gasteiger partial charge is 0.339 e. The number of aryl methyl sites for hydroxylation is 1. The monoisotopic (exact) mass is 251 g/mol. The van der Waals surface area contributed by atoms with Crippen LogP contribution in [0.5, 0.6) is 0 Å². The lowest BCUT2D eigenvalue weighted by Gasteiger charge is -2.41. The second-order valence-electron chi connectivity index (χ2n) is 5.90. The normalized spacial score (nSPS) is 28.8. The lowest BCUT2D eigenvalue weighted by Crippen LogP contribution is -2.49. The first-order valence-corrected chi connectivity index (χ1v) is 7.20. The van der Waals surface area contributed by atoms with E-state index in [1.807, 2.05) is 0 Å². The van der Waals surface area contributed by atoms with Crippen LogP contribution in [0.4, 0.5) is 0 Å². The number of nitrogens with two attached hydrogens (primary N) is 1. The van der Waals surface area contributed by atoms with Crippen molar-refractivity contribution < 1.29 is 4.52 Å². The molecule has 0 spiro atoms. The Morgan fingerprint density at radius 1 is 1.44 bits per heavy atom. The van der Waals surface area contributed by atoms with Crippen LogP contribution in [0.25, 0.3) is 0 Å². The predicted octanol–water partition coefficient (Wildman–Crippen LogP) is 3.02. The van der Waals surface area contributed by atoms with Gasteiger partial charge in [0.05, 0.1) is 5.54 Å². The second-order valence-corrected chi connectivity index (χ2v) is 5.90. The van der Waals surface area contributed by atoms with Gasteiger partial charge in [-0.2, -0.15) is 4.98 Å². The zero-order valence-electron chi connectivity index (χ0n) is 11.8. The van der Waals surface area contributed by atoms with Crippen LogP contribution >= 0.6 is 0 Å². The molecule has 18 heavy (non-hydrogen) atoms. The third-order valence-electron chi connectivity index (χ3n) is 4.17. The van der Waals surface area contributed by atoms with Gasteiger partial charge in [-0.1, -0.05) is 38.8 Å². The van der Waals surface area contributed by atoms with Crippen molar-refractivity contribution in [1.29, 1.82) is 0 Å². The van der Waals surface area contributed by atoms with Crippen molar-refractivity contribution in [3.63, 3.8) is 0 Å². The molecule has 0 aliphatic heterocycles. The van der Waals surface area contributed by atoms with Gasteiger partial charge in [0.25, 0.3) is 0 Å². The summed E-state index contributed by atoms with van der Waals surface area (Å²) in [5.41, 5.74) is 6.26. The summed E-state index contributed by atoms with van der Waals surface area (Å²) in [4.78, 5) is 4.53. The van der Waals surface area contributed by atoms with Crippen molar-refractivity contribution in [2.75, 3.05) is 0 Å². The van der Waals surface area contributed by atoms with Gasteiger partial charge in [-0.15, -0.1) is 0 Å². The van der Waals surface area contributed by atoms with E-state index in [0.29, 0.717) is 11.8 Å². The first-order chi connectivity index (χ1) is 8.58. The van der Waals surface area contributed by atoms with E-state index in [1.165, 1.54) is 12.8 Å². The van der Waals surface area contributed by atoms with Crippen LogP contribution in [0.3, 0.4) is 0 Å². The van der Waals surface area contributed by atoms with Gasteiger partial charge < -0.3 is 10.3 Å². The summed E-state index contributed by atoms with van der Waals surface area (Å²) in [6.45, 7) is 6.59. The van der Waals surface area contributed by atoms with Gasteiger partial charge >= 0.3 is 0 Å². The van der Waals surface area contributed by atoms with Crippen molar-refractivity contribution in [1.82, 2.24) is 10.1 Å². The van der Waals surface area contributed by atoms with Gasteiger partial charge in [-0.3, -0.25) is 0 Å². The Bertz CT molecular complexity index is 388. The molecule has 0 radical (unpaired) electrons. The fourth-order valence-corrected chi connectivity index (χ4v) is 3.19. The molecule has 1 saturated carbocycles. The van der Waals surface area contributed by atoms with Crippen LogP contribution < -0.4 is 5.73 Å². The maximum absolute atomic E-state index is 6.65. The summed E-state index contributed by atoms with van der Waals surface area (Å²) < 4.78 is 5.31. The molecule has 2 unspecified atom stereocenters. The number of hydrogen-bond donors (Lipinski definition) is 1. The van der Waals surface area contributed by atoms with Crippen molar-refractivity contribution in [3.05, 3.63) is 11.7 Å². The number of aromatic nitrogens is 2. The molecule has 2 rings (SSSR count). The minimum absolute atomic E-state index is 0.387. The molecule has 0 bridgehead atoms. The van der Waals surface area contributed by atoms with Gasteiger partial charge in [-0.25, -0.2) is 0 Å². The average Bonchev–Trinajstić information content (AvgIpc) is 2.79. The minimum Gasteiger partial charge on any atom is -0.339 e. The molecule has 1 aliphatic rings. The molecule has 4 heteroatoms. The Hall–Kier alpha value is -0.900. The summed E-state index contributed by atoms with van der Waals surface area (Å²) in [6, 6.07) is 0. The van der Waals surface area contributed by atoms with Gasteiger partial charge in [0, 0.05) is 6.42 Å². The standard InChI is InChI=1S/C14H25N3O/c1-4-7-12-16-13(17-18-12)14(15)9-6-5-8-11(14)10(2)3/h10-11H,4-9,15H2,1-3H3. The fourth-order valence-electron chi connectivity index (χ4n) is 3.19. The van der Waals surface area contributed by atoms with Gasteiger partial charge in [0.1, 0.15) is 0 Å². The molecule has 102 valence electrons. The maximum atomic E-state index is 6.65. The summed E-state index contributed by atoms with van der Waals surface area (Å²) in [6.07, 6.45) is 6.44. The van der Waals surface area contributed by atoms with Gasteiger partial charge in [0.2, 0.25) is 5.89 Å². The lowest BCUT2D eigenvalue weighted by molar-refractivity contribution is 0.129. The molecule has 1 fully saturated rings. The van der Waals surface area contributed by atoms with E-state index in [1.54, 1.807) is 0 Å². The van der Waals surface area contributed by atoms with E-state index in [9.17, 15) is 0 Å². The quantitative estimate of drug-likeness (QED) is 0.893. The van der Waals surface area contributed by atoms with E-state index in [-0.39, 0.29) is 5.54 Å². The zero-order valence-corrected chi connectivity index (χ0v) is 11.8. The Morgan fingerprint density at radius 3 is 2.89 bits per heavy atom. The first-order valence-electron chi connectivity index (χ1n) is 7.20. The summed E-state index contributed by atoms with van der Waals surface area (Å²) in [7, 11) is 0. The molecule has 4 nitrogen and oxygen atoms in total. The smallest absolute Gasteiger partial charge is 0.226 e. The molecule has 1 aromatic rings. The highest BCUT2D eigenvalue weighted by molar-refractivity contribution is 5.09. The van der Waals surface area contributed by atoms with Crippen LogP contribution in [0, 0.1) is 11.8 Å².